The molecule has 2 atom stereocenters. The summed E-state index contributed by atoms with van der Waals surface area (Å²) >= 11 is 0. The highest BCUT2D eigenvalue weighted by Gasteiger charge is 2.81. The summed E-state index contributed by atoms with van der Waals surface area (Å²) in [5.41, 5.74) is -3.34. The maximum Gasteiger partial charge on any atom is 0.351 e. The number of hydrogen-bond donors (Lipinski definition) is 0. The fraction of sp³-hybridized carbons (Fsp3) is 0.312. The highest BCUT2D eigenvalue weighted by Crippen LogP contribution is 2.56. The van der Waals surface area contributed by atoms with Gasteiger partial charge in [0.05, 0.1) is 11.9 Å². The van der Waals surface area contributed by atoms with Crippen molar-refractivity contribution in [1.29, 1.82) is 0 Å². The third-order valence-corrected chi connectivity index (χ3v) is 4.59. The molecule has 1 fully saturated rings. The monoisotopic (exact) mass is 375 g/mol. The van der Waals surface area contributed by atoms with Gasteiger partial charge < -0.3 is 9.47 Å². The van der Waals surface area contributed by atoms with Crippen LogP contribution >= 0.6 is 0 Å². The van der Waals surface area contributed by atoms with Gasteiger partial charge in [-0.1, -0.05) is 0 Å². The van der Waals surface area contributed by atoms with Gasteiger partial charge in [0.15, 0.2) is 5.69 Å². The topological polar surface area (TPSA) is 111 Å². The van der Waals surface area contributed by atoms with Crippen molar-refractivity contribution in [2.45, 2.75) is 11.4 Å². The lowest BCUT2D eigenvalue weighted by Gasteiger charge is -2.23. The van der Waals surface area contributed by atoms with E-state index >= 15 is 0 Å². The molecule has 0 radical (unpaired) electrons. The zero-order valence-electron chi connectivity index (χ0n) is 14.5. The number of aromatic nitrogens is 3. The number of hydrogen-bond acceptors (Lipinski definition) is 7. The zero-order valence-corrected chi connectivity index (χ0v) is 14.5. The first kappa shape index (κ1) is 17.2. The maximum absolute atomic E-state index is 13.2. The number of benzene rings is 1. The summed E-state index contributed by atoms with van der Waals surface area (Å²) in [6, 6.07) is 4.80. The molecule has 2 aliphatic rings. The summed E-state index contributed by atoms with van der Waals surface area (Å²) in [6.07, 6.45) is 1.24. The Labute approximate surface area is 151 Å². The van der Waals surface area contributed by atoms with Crippen LogP contribution in [0.4, 0.5) is 4.39 Å². The Kier molecular flexibility index (Phi) is 3.45. The van der Waals surface area contributed by atoms with Crippen LogP contribution < -0.4 is 11.2 Å². The van der Waals surface area contributed by atoms with E-state index in [0.717, 1.165) is 26.4 Å². The molecule has 2 aromatic rings. The molecular weight excluding hydrogens is 361 g/mol. The van der Waals surface area contributed by atoms with Gasteiger partial charge in [-0.2, -0.15) is 10.2 Å². The van der Waals surface area contributed by atoms with Crippen LogP contribution in [0.3, 0.4) is 0 Å². The van der Waals surface area contributed by atoms with Crippen LogP contribution in [-0.4, -0.2) is 51.4 Å². The number of likely N-dealkylation sites (N-methyl/N-ethyl adjacent to an activating group) is 1. The number of carbonyl (C=O) groups is 1. The zero-order chi connectivity index (χ0) is 19.6. The molecule has 1 aromatic carbocycles. The van der Waals surface area contributed by atoms with E-state index < -0.39 is 34.4 Å². The molecular formula is C16H14FN5O5. The maximum atomic E-state index is 13.2. The minimum absolute atomic E-state index is 0.141. The van der Waals surface area contributed by atoms with E-state index in [-0.39, 0.29) is 11.4 Å². The van der Waals surface area contributed by atoms with Crippen molar-refractivity contribution in [2.75, 3.05) is 14.2 Å². The van der Waals surface area contributed by atoms with Crippen LogP contribution in [0.25, 0.3) is 5.69 Å². The highest BCUT2D eigenvalue weighted by atomic mass is 19.1. The molecule has 0 spiro atoms. The molecule has 27 heavy (non-hydrogen) atoms. The highest BCUT2D eigenvalue weighted by molar-refractivity contribution is 5.99. The fourth-order valence-electron chi connectivity index (χ4n) is 3.12. The Morgan fingerprint density at radius 1 is 1.15 bits per heavy atom. The fourth-order valence-corrected chi connectivity index (χ4v) is 3.12. The molecule has 11 heteroatoms. The second-order valence-electron chi connectivity index (χ2n) is 6.10. The van der Waals surface area contributed by atoms with Crippen molar-refractivity contribution in [3.8, 4) is 5.69 Å². The molecule has 1 aromatic heterocycles. The molecule has 140 valence electrons. The summed E-state index contributed by atoms with van der Waals surface area (Å²) in [5, 5.41) is 8.93. The Hall–Kier alpha value is -3.18. The van der Waals surface area contributed by atoms with Gasteiger partial charge >= 0.3 is 11.6 Å². The lowest BCUT2D eigenvalue weighted by molar-refractivity contribution is -0.153. The largest absolute Gasteiger partial charge is 0.351 e. The van der Waals surface area contributed by atoms with Crippen molar-refractivity contribution in [3.63, 3.8) is 0 Å². The lowest BCUT2D eigenvalue weighted by Crippen LogP contribution is -2.51. The van der Waals surface area contributed by atoms with Gasteiger partial charge in [-0.15, -0.1) is 0 Å². The van der Waals surface area contributed by atoms with E-state index in [2.05, 4.69) is 10.2 Å². The number of halogens is 1. The lowest BCUT2D eigenvalue weighted by atomic mass is 9.97. The number of ether oxygens (including phenoxy) is 2. The van der Waals surface area contributed by atoms with Gasteiger partial charge in [0.2, 0.25) is 5.60 Å². The first-order valence-corrected chi connectivity index (χ1v) is 7.83. The summed E-state index contributed by atoms with van der Waals surface area (Å²) in [6.45, 7) is 0. The Morgan fingerprint density at radius 3 is 2.44 bits per heavy atom. The quantitative estimate of drug-likeness (QED) is 0.643. The van der Waals surface area contributed by atoms with Crippen molar-refractivity contribution < 1.29 is 18.7 Å². The van der Waals surface area contributed by atoms with Crippen molar-refractivity contribution in [1.82, 2.24) is 19.4 Å². The van der Waals surface area contributed by atoms with E-state index in [1.807, 2.05) is 0 Å². The summed E-state index contributed by atoms with van der Waals surface area (Å²) < 4.78 is 25.7. The Balaban J connectivity index is 1.98. The second-order valence-corrected chi connectivity index (χ2v) is 6.10. The Morgan fingerprint density at radius 2 is 1.81 bits per heavy atom. The van der Waals surface area contributed by atoms with Crippen LogP contribution in [0.1, 0.15) is 5.69 Å². The van der Waals surface area contributed by atoms with Crippen LogP contribution in [-0.2, 0) is 26.9 Å². The van der Waals surface area contributed by atoms with Gasteiger partial charge in [0.25, 0.3) is 11.3 Å². The molecule has 4 rings (SSSR count). The second kappa shape index (κ2) is 5.41. The molecule has 0 saturated carbocycles. The van der Waals surface area contributed by atoms with Gasteiger partial charge in [0, 0.05) is 21.2 Å². The number of amides is 1. The van der Waals surface area contributed by atoms with Crippen molar-refractivity contribution >= 4 is 12.1 Å². The number of aryl methyl sites for hydroxylation is 1. The first-order chi connectivity index (χ1) is 12.8. The number of methoxy groups -OCH3 is 1. The number of rotatable bonds is 3. The van der Waals surface area contributed by atoms with Crippen LogP contribution in [0.15, 0.2) is 39.0 Å². The summed E-state index contributed by atoms with van der Waals surface area (Å²) in [7, 11) is 4.01. The van der Waals surface area contributed by atoms with Crippen LogP contribution in [0.2, 0.25) is 0 Å². The number of epoxide rings is 1. The van der Waals surface area contributed by atoms with Crippen LogP contribution in [0, 0.1) is 5.82 Å². The smallest absolute Gasteiger partial charge is 0.343 e. The average molecular weight is 375 g/mol. The number of fused-ring (bicyclic) bond motifs is 1. The molecule has 0 bridgehead atoms. The minimum atomic E-state index is -1.78. The minimum Gasteiger partial charge on any atom is -0.343 e. The molecule has 3 heterocycles. The molecule has 1 amide bonds. The van der Waals surface area contributed by atoms with Gasteiger partial charge in [-0.05, 0) is 24.3 Å². The van der Waals surface area contributed by atoms with Crippen molar-refractivity contribution in [3.05, 3.63) is 56.6 Å². The standard InChI is InChI=1S/C16H14FN5O5/c1-20-13(24)16(26-3)15(27-16,8-18-20)11-12(23)22(14(25)21(2)19-11)10-6-4-9(17)5-7-10/h4-8H,1-3H3. The van der Waals surface area contributed by atoms with E-state index in [1.54, 1.807) is 0 Å². The van der Waals surface area contributed by atoms with E-state index in [9.17, 15) is 18.8 Å². The predicted octanol–water partition coefficient (Wildman–Crippen LogP) is -0.904. The molecule has 0 N–H and O–H groups in total. The summed E-state index contributed by atoms with van der Waals surface area (Å²) in [5.74, 6) is -2.92. The van der Waals surface area contributed by atoms with E-state index in [4.69, 9.17) is 9.47 Å². The first-order valence-electron chi connectivity index (χ1n) is 7.83. The third-order valence-electron chi connectivity index (χ3n) is 4.59. The van der Waals surface area contributed by atoms with E-state index in [1.165, 1.54) is 39.6 Å². The molecule has 0 aliphatic carbocycles. The SMILES string of the molecule is COC12OC1(c1nn(C)c(=O)n(-c3ccc(F)cc3)c1=O)C=NN(C)C2=O. The van der Waals surface area contributed by atoms with Gasteiger partial charge in [0.1, 0.15) is 5.82 Å². The molecule has 1 saturated heterocycles. The average Bonchev–Trinajstić information content (AvgIpc) is 3.35. The van der Waals surface area contributed by atoms with Crippen LogP contribution in [0.5, 0.6) is 0 Å². The Bertz CT molecular complexity index is 1110. The van der Waals surface area contributed by atoms with E-state index in [0.29, 0.717) is 0 Å². The van der Waals surface area contributed by atoms with Gasteiger partial charge in [-0.3, -0.25) is 9.59 Å². The number of hydrazone groups is 1. The molecule has 2 unspecified atom stereocenters. The number of carbonyl (C=O) groups excluding carboxylic acids is 1. The third kappa shape index (κ3) is 2.09. The summed E-state index contributed by atoms with van der Waals surface area (Å²) in [4.78, 5) is 38.0. The molecule has 2 aliphatic heterocycles. The van der Waals surface area contributed by atoms with Gasteiger partial charge in [-0.25, -0.2) is 23.4 Å². The van der Waals surface area contributed by atoms with Crippen molar-refractivity contribution in [2.24, 2.45) is 12.1 Å². The number of nitrogens with zero attached hydrogens (tertiary/aromatic N) is 5. The normalized spacial score (nSPS) is 26.2. The predicted molar refractivity (Wildman–Crippen MR) is 88.8 cm³/mol. The molecule has 10 nitrogen and oxygen atoms in total.